The number of nitrogens with one attached hydrogen (secondary N) is 2. The van der Waals surface area contributed by atoms with Gasteiger partial charge in [0.2, 0.25) is 0 Å². The maximum Gasteiger partial charge on any atom is 0.271 e. The Balaban J connectivity index is 1.79. The fourth-order valence-electron chi connectivity index (χ4n) is 2.44. The van der Waals surface area contributed by atoms with E-state index in [1.165, 1.54) is 6.20 Å². The summed E-state index contributed by atoms with van der Waals surface area (Å²) in [5.41, 5.74) is 1.47. The van der Waals surface area contributed by atoms with Crippen LogP contribution in [0.2, 0.25) is 0 Å². The third-order valence-corrected chi connectivity index (χ3v) is 3.84. The first-order chi connectivity index (χ1) is 12.2. The van der Waals surface area contributed by atoms with E-state index in [1.54, 1.807) is 13.3 Å². The Morgan fingerprint density at radius 1 is 1.12 bits per heavy atom. The molecule has 6 heteroatoms. The average Bonchev–Trinajstić information content (AvgIpc) is 2.66. The molecule has 25 heavy (non-hydrogen) atoms. The Morgan fingerprint density at radius 2 is 1.96 bits per heavy atom. The van der Waals surface area contributed by atoms with E-state index < -0.39 is 0 Å². The van der Waals surface area contributed by atoms with E-state index in [-0.39, 0.29) is 5.91 Å². The van der Waals surface area contributed by atoms with Crippen molar-refractivity contribution >= 4 is 11.7 Å². The molecule has 0 saturated carbocycles. The van der Waals surface area contributed by atoms with Crippen LogP contribution in [0.25, 0.3) is 0 Å². The van der Waals surface area contributed by atoms with Gasteiger partial charge in [-0.1, -0.05) is 38.0 Å². The van der Waals surface area contributed by atoms with E-state index in [1.807, 2.05) is 24.3 Å². The summed E-state index contributed by atoms with van der Waals surface area (Å²) in [6, 6.07) is 7.93. The SMILES string of the molecule is CCCCCNC(=O)c1cnc(NCCc2ccccc2OC)cn1. The van der Waals surface area contributed by atoms with Crippen LogP contribution in [-0.2, 0) is 6.42 Å². The van der Waals surface area contributed by atoms with Crippen molar-refractivity contribution in [2.24, 2.45) is 0 Å². The molecule has 2 rings (SSSR count). The number of ether oxygens (including phenoxy) is 1. The molecule has 0 radical (unpaired) electrons. The molecular formula is C19H26N4O2. The van der Waals surface area contributed by atoms with Gasteiger partial charge in [0.15, 0.2) is 0 Å². The lowest BCUT2D eigenvalue weighted by Gasteiger charge is -2.09. The van der Waals surface area contributed by atoms with Crippen molar-refractivity contribution in [2.75, 3.05) is 25.5 Å². The summed E-state index contributed by atoms with van der Waals surface area (Å²) < 4.78 is 5.34. The second-order valence-corrected chi connectivity index (χ2v) is 5.74. The minimum Gasteiger partial charge on any atom is -0.496 e. The van der Waals surface area contributed by atoms with Gasteiger partial charge in [-0.05, 0) is 24.5 Å². The van der Waals surface area contributed by atoms with Gasteiger partial charge in [-0.25, -0.2) is 9.97 Å². The van der Waals surface area contributed by atoms with Crippen molar-refractivity contribution in [3.63, 3.8) is 0 Å². The van der Waals surface area contributed by atoms with Gasteiger partial charge in [0.05, 0.1) is 19.5 Å². The molecule has 0 aliphatic rings. The summed E-state index contributed by atoms with van der Waals surface area (Å²) in [5, 5.41) is 6.06. The summed E-state index contributed by atoms with van der Waals surface area (Å²) in [4.78, 5) is 20.4. The number of hydrogen-bond acceptors (Lipinski definition) is 5. The third-order valence-electron chi connectivity index (χ3n) is 3.84. The number of benzene rings is 1. The highest BCUT2D eigenvalue weighted by molar-refractivity contribution is 5.91. The molecule has 0 spiro atoms. The summed E-state index contributed by atoms with van der Waals surface area (Å²) in [6.07, 6.45) is 7.12. The number of nitrogens with zero attached hydrogens (tertiary/aromatic N) is 2. The second kappa shape index (κ2) is 10.3. The van der Waals surface area contributed by atoms with Crippen LogP contribution in [0.1, 0.15) is 42.2 Å². The minimum absolute atomic E-state index is 0.177. The van der Waals surface area contributed by atoms with Crippen molar-refractivity contribution in [2.45, 2.75) is 32.6 Å². The zero-order valence-electron chi connectivity index (χ0n) is 14.9. The zero-order chi connectivity index (χ0) is 17.9. The normalized spacial score (nSPS) is 10.3. The molecule has 0 bridgehead atoms. The van der Waals surface area contributed by atoms with E-state index in [4.69, 9.17) is 4.74 Å². The van der Waals surface area contributed by atoms with Crippen LogP contribution in [0.4, 0.5) is 5.82 Å². The summed E-state index contributed by atoms with van der Waals surface area (Å²) in [5.74, 6) is 1.35. The number of para-hydroxylation sites is 1. The van der Waals surface area contributed by atoms with Crippen molar-refractivity contribution in [3.8, 4) is 5.75 Å². The van der Waals surface area contributed by atoms with Crippen molar-refractivity contribution in [3.05, 3.63) is 47.9 Å². The van der Waals surface area contributed by atoms with Crippen LogP contribution in [0.15, 0.2) is 36.7 Å². The molecule has 134 valence electrons. The smallest absolute Gasteiger partial charge is 0.271 e. The maximum absolute atomic E-state index is 11.9. The fraction of sp³-hybridized carbons (Fsp3) is 0.421. The number of methoxy groups -OCH3 is 1. The average molecular weight is 342 g/mol. The molecule has 2 aromatic rings. The summed E-state index contributed by atoms with van der Waals surface area (Å²) in [6.45, 7) is 3.51. The van der Waals surface area contributed by atoms with Crippen molar-refractivity contribution in [1.29, 1.82) is 0 Å². The third kappa shape index (κ3) is 6.06. The molecule has 0 unspecified atom stereocenters. The van der Waals surface area contributed by atoms with E-state index in [0.717, 1.165) is 37.0 Å². The number of rotatable bonds is 10. The lowest BCUT2D eigenvalue weighted by Crippen LogP contribution is -2.25. The monoisotopic (exact) mass is 342 g/mol. The molecule has 0 aliphatic heterocycles. The first-order valence-corrected chi connectivity index (χ1v) is 8.70. The van der Waals surface area contributed by atoms with Crippen LogP contribution in [0.3, 0.4) is 0 Å². The number of anilines is 1. The Kier molecular flexibility index (Phi) is 7.69. The molecule has 1 aromatic heterocycles. The van der Waals surface area contributed by atoms with E-state index >= 15 is 0 Å². The number of carbonyl (C=O) groups is 1. The number of unbranched alkanes of at least 4 members (excludes halogenated alkanes) is 2. The molecule has 0 saturated heterocycles. The first-order valence-electron chi connectivity index (χ1n) is 8.70. The largest absolute Gasteiger partial charge is 0.496 e. The van der Waals surface area contributed by atoms with Gasteiger partial charge in [0, 0.05) is 13.1 Å². The predicted molar refractivity (Wildman–Crippen MR) is 99.1 cm³/mol. The Bertz CT molecular complexity index is 659. The molecular weight excluding hydrogens is 316 g/mol. The van der Waals surface area contributed by atoms with Gasteiger partial charge in [-0.2, -0.15) is 0 Å². The topological polar surface area (TPSA) is 76.1 Å². The highest BCUT2D eigenvalue weighted by atomic mass is 16.5. The van der Waals surface area contributed by atoms with E-state index in [9.17, 15) is 4.79 Å². The van der Waals surface area contributed by atoms with Crippen LogP contribution >= 0.6 is 0 Å². The lowest BCUT2D eigenvalue weighted by atomic mass is 10.1. The zero-order valence-corrected chi connectivity index (χ0v) is 14.9. The first kappa shape index (κ1) is 18.7. The molecule has 1 heterocycles. The van der Waals surface area contributed by atoms with Crippen LogP contribution in [0, 0.1) is 0 Å². The molecule has 6 nitrogen and oxygen atoms in total. The van der Waals surface area contributed by atoms with Crippen molar-refractivity contribution < 1.29 is 9.53 Å². The highest BCUT2D eigenvalue weighted by Gasteiger charge is 2.07. The van der Waals surface area contributed by atoms with Crippen molar-refractivity contribution in [1.82, 2.24) is 15.3 Å². The summed E-state index contributed by atoms with van der Waals surface area (Å²) in [7, 11) is 1.67. The molecule has 1 amide bonds. The second-order valence-electron chi connectivity index (χ2n) is 5.74. The molecule has 1 aromatic carbocycles. The Morgan fingerprint density at radius 3 is 2.68 bits per heavy atom. The summed E-state index contributed by atoms with van der Waals surface area (Å²) >= 11 is 0. The Hall–Kier alpha value is -2.63. The fourth-order valence-corrected chi connectivity index (χ4v) is 2.44. The minimum atomic E-state index is -0.177. The quantitative estimate of drug-likeness (QED) is 0.649. The van der Waals surface area contributed by atoms with Gasteiger partial charge in [0.1, 0.15) is 17.3 Å². The van der Waals surface area contributed by atoms with Gasteiger partial charge in [0.25, 0.3) is 5.91 Å². The highest BCUT2D eigenvalue weighted by Crippen LogP contribution is 2.17. The number of aromatic nitrogens is 2. The van der Waals surface area contributed by atoms with E-state index in [2.05, 4.69) is 27.5 Å². The molecule has 0 fully saturated rings. The molecule has 0 atom stereocenters. The van der Waals surface area contributed by atoms with E-state index in [0.29, 0.717) is 24.6 Å². The number of carbonyl (C=O) groups excluding carboxylic acids is 1. The molecule has 0 aliphatic carbocycles. The number of amides is 1. The van der Waals surface area contributed by atoms with Gasteiger partial charge >= 0.3 is 0 Å². The predicted octanol–water partition coefficient (Wildman–Crippen LogP) is 3.06. The van der Waals surface area contributed by atoms with Gasteiger partial charge in [-0.15, -0.1) is 0 Å². The number of hydrogen-bond donors (Lipinski definition) is 2. The van der Waals surface area contributed by atoms with Gasteiger partial charge < -0.3 is 15.4 Å². The Labute approximate surface area is 149 Å². The maximum atomic E-state index is 11.9. The standard InChI is InChI=1S/C19H26N4O2/c1-3-4-7-11-21-19(24)16-13-23-18(14-22-16)20-12-10-15-8-5-6-9-17(15)25-2/h5-6,8-9,13-14H,3-4,7,10-12H2,1-2H3,(H,20,23)(H,21,24). The van der Waals surface area contributed by atoms with Gasteiger partial charge in [-0.3, -0.25) is 4.79 Å². The lowest BCUT2D eigenvalue weighted by molar-refractivity contribution is 0.0947. The van der Waals surface area contributed by atoms with Crippen LogP contribution in [-0.4, -0.2) is 36.1 Å². The van der Waals surface area contributed by atoms with Crippen LogP contribution < -0.4 is 15.4 Å². The molecule has 2 N–H and O–H groups in total. The van der Waals surface area contributed by atoms with Crippen LogP contribution in [0.5, 0.6) is 5.75 Å².